The lowest BCUT2D eigenvalue weighted by Crippen LogP contribution is -2.42. The fourth-order valence-electron chi connectivity index (χ4n) is 3.17. The number of carbonyl (C=O) groups is 1. The predicted octanol–water partition coefficient (Wildman–Crippen LogP) is 0.581. The number of sulfonamides is 1. The van der Waals surface area contributed by atoms with E-state index < -0.39 is 10.0 Å². The molecule has 1 heterocycles. The van der Waals surface area contributed by atoms with Gasteiger partial charge in [-0.05, 0) is 32.0 Å². The zero-order valence-electron chi connectivity index (χ0n) is 15.6. The van der Waals surface area contributed by atoms with Crippen molar-refractivity contribution in [3.8, 4) is 11.5 Å². The van der Waals surface area contributed by atoms with E-state index in [1.54, 1.807) is 13.1 Å². The van der Waals surface area contributed by atoms with Crippen LogP contribution in [0.2, 0.25) is 0 Å². The Balaban J connectivity index is 2.01. The molecule has 0 radical (unpaired) electrons. The Morgan fingerprint density at radius 1 is 1.19 bits per heavy atom. The molecule has 8 nitrogen and oxygen atoms in total. The normalized spacial score (nSPS) is 20.8. The van der Waals surface area contributed by atoms with Crippen molar-refractivity contribution in [3.05, 3.63) is 18.2 Å². The molecule has 1 aliphatic rings. The van der Waals surface area contributed by atoms with Crippen molar-refractivity contribution in [2.75, 3.05) is 34.9 Å². The van der Waals surface area contributed by atoms with Crippen molar-refractivity contribution in [2.24, 2.45) is 0 Å². The number of likely N-dealkylation sites (N-methyl/N-ethyl adjacent to an activating group) is 1. The van der Waals surface area contributed by atoms with Gasteiger partial charge in [-0.3, -0.25) is 9.69 Å². The van der Waals surface area contributed by atoms with Crippen LogP contribution in [-0.4, -0.2) is 66.2 Å². The second-order valence-corrected chi connectivity index (χ2v) is 8.06. The zero-order valence-corrected chi connectivity index (χ0v) is 16.4. The third-order valence-electron chi connectivity index (χ3n) is 4.86. The quantitative estimate of drug-likeness (QED) is 0.680. The van der Waals surface area contributed by atoms with Gasteiger partial charge in [0.1, 0.15) is 0 Å². The van der Waals surface area contributed by atoms with Crippen LogP contribution in [0.3, 0.4) is 0 Å². The second kappa shape index (κ2) is 8.70. The van der Waals surface area contributed by atoms with Crippen molar-refractivity contribution < 1.29 is 22.7 Å². The molecule has 0 spiro atoms. The molecule has 1 fully saturated rings. The molecule has 0 aliphatic carbocycles. The standard InChI is InChI=1S/C17H27N3O5S/c1-18-17(21)9-12-5-6-13(20(12)2)11-19-26(22,23)14-7-8-15(24-3)16(10-14)25-4/h7-8,10,12-13,19H,5-6,9,11H2,1-4H3,(H,18,21)/t12-,13+/m1/s1. The summed E-state index contributed by atoms with van der Waals surface area (Å²) in [5.74, 6) is 0.825. The molecular weight excluding hydrogens is 358 g/mol. The van der Waals surface area contributed by atoms with Crippen molar-refractivity contribution in [1.29, 1.82) is 0 Å². The Hall–Kier alpha value is -1.84. The molecule has 2 rings (SSSR count). The fraction of sp³-hybridized carbons (Fsp3) is 0.588. The lowest BCUT2D eigenvalue weighted by Gasteiger charge is -2.25. The molecule has 0 aromatic heterocycles. The highest BCUT2D eigenvalue weighted by molar-refractivity contribution is 7.89. The molecule has 2 atom stereocenters. The summed E-state index contributed by atoms with van der Waals surface area (Å²) in [4.78, 5) is 13.8. The van der Waals surface area contributed by atoms with E-state index in [0.29, 0.717) is 17.9 Å². The molecule has 146 valence electrons. The van der Waals surface area contributed by atoms with Crippen molar-refractivity contribution >= 4 is 15.9 Å². The highest BCUT2D eigenvalue weighted by Gasteiger charge is 2.32. The maximum atomic E-state index is 12.6. The number of hydrogen-bond acceptors (Lipinski definition) is 6. The average Bonchev–Trinajstić information content (AvgIpc) is 2.99. The van der Waals surface area contributed by atoms with Crippen LogP contribution in [0.25, 0.3) is 0 Å². The Bertz CT molecular complexity index is 738. The summed E-state index contributed by atoms with van der Waals surface area (Å²) in [7, 11) is 2.83. The van der Waals surface area contributed by atoms with E-state index in [2.05, 4.69) is 14.9 Å². The summed E-state index contributed by atoms with van der Waals surface area (Å²) < 4.78 is 38.1. The first-order valence-electron chi connectivity index (χ1n) is 8.46. The van der Waals surface area contributed by atoms with Gasteiger partial charge in [-0.15, -0.1) is 0 Å². The molecule has 1 aromatic carbocycles. The SMILES string of the molecule is CNC(=O)C[C@H]1CC[C@@H](CNS(=O)(=O)c2ccc(OC)c(OC)c2)N1C. The van der Waals surface area contributed by atoms with E-state index in [0.717, 1.165) is 12.8 Å². The number of hydrogen-bond donors (Lipinski definition) is 2. The number of amides is 1. The summed E-state index contributed by atoms with van der Waals surface area (Å²) in [5, 5.41) is 2.63. The molecule has 9 heteroatoms. The van der Waals surface area contributed by atoms with E-state index in [1.807, 2.05) is 7.05 Å². The first-order valence-corrected chi connectivity index (χ1v) is 9.95. The first-order chi connectivity index (χ1) is 12.3. The van der Waals surface area contributed by atoms with Crippen LogP contribution in [-0.2, 0) is 14.8 Å². The van der Waals surface area contributed by atoms with Gasteiger partial charge in [0.25, 0.3) is 0 Å². The average molecular weight is 385 g/mol. The summed E-state index contributed by atoms with van der Waals surface area (Å²) in [6, 6.07) is 4.67. The largest absolute Gasteiger partial charge is 0.493 e. The number of methoxy groups -OCH3 is 2. The number of likely N-dealkylation sites (tertiary alicyclic amines) is 1. The van der Waals surface area contributed by atoms with Gasteiger partial charge >= 0.3 is 0 Å². The molecule has 1 amide bonds. The molecule has 1 aliphatic heterocycles. The van der Waals surface area contributed by atoms with Gasteiger partial charge < -0.3 is 14.8 Å². The van der Waals surface area contributed by atoms with E-state index in [9.17, 15) is 13.2 Å². The van der Waals surface area contributed by atoms with E-state index >= 15 is 0 Å². The van der Waals surface area contributed by atoms with Crippen molar-refractivity contribution in [2.45, 2.75) is 36.2 Å². The Morgan fingerprint density at radius 3 is 2.46 bits per heavy atom. The van der Waals surface area contributed by atoms with Crippen molar-refractivity contribution in [1.82, 2.24) is 14.9 Å². The monoisotopic (exact) mass is 385 g/mol. The third-order valence-corrected chi connectivity index (χ3v) is 6.28. The Labute approximate surface area is 154 Å². The number of nitrogens with one attached hydrogen (secondary N) is 2. The summed E-state index contributed by atoms with van der Waals surface area (Å²) >= 11 is 0. The minimum atomic E-state index is -3.67. The van der Waals surface area contributed by atoms with Crippen LogP contribution in [0.15, 0.2) is 23.1 Å². The van der Waals surface area contributed by atoms with Crippen LogP contribution >= 0.6 is 0 Å². The number of nitrogens with zero attached hydrogens (tertiary/aromatic N) is 1. The van der Waals surface area contributed by atoms with Crippen molar-refractivity contribution in [3.63, 3.8) is 0 Å². The molecule has 0 unspecified atom stereocenters. The molecule has 0 saturated carbocycles. The molecule has 2 N–H and O–H groups in total. The van der Waals surface area contributed by atoms with Gasteiger partial charge in [-0.2, -0.15) is 0 Å². The molecule has 1 saturated heterocycles. The van der Waals surface area contributed by atoms with Gasteiger partial charge in [0.2, 0.25) is 15.9 Å². The third kappa shape index (κ3) is 4.66. The van der Waals surface area contributed by atoms with Gasteiger partial charge in [-0.25, -0.2) is 13.1 Å². The first kappa shape index (κ1) is 20.5. The Kier molecular flexibility index (Phi) is 6.85. The summed E-state index contributed by atoms with van der Waals surface area (Å²) in [6.07, 6.45) is 2.13. The lowest BCUT2D eigenvalue weighted by atomic mass is 10.1. The minimum absolute atomic E-state index is 0.00610. The fourth-order valence-corrected chi connectivity index (χ4v) is 4.26. The van der Waals surface area contributed by atoms with Gasteiger partial charge in [-0.1, -0.05) is 0 Å². The van der Waals surface area contributed by atoms with E-state index in [1.165, 1.54) is 26.4 Å². The molecule has 0 bridgehead atoms. The second-order valence-electron chi connectivity index (χ2n) is 6.30. The van der Waals surface area contributed by atoms with Gasteiger partial charge in [0.15, 0.2) is 11.5 Å². The highest BCUT2D eigenvalue weighted by atomic mass is 32.2. The molecule has 1 aromatic rings. The number of benzene rings is 1. The summed E-state index contributed by atoms with van der Waals surface area (Å²) in [6.45, 7) is 0.289. The van der Waals surface area contributed by atoms with Crippen LogP contribution in [0, 0.1) is 0 Å². The van der Waals surface area contributed by atoms with Crippen LogP contribution in [0.4, 0.5) is 0 Å². The number of rotatable bonds is 8. The van der Waals surface area contributed by atoms with E-state index in [-0.39, 0.29) is 29.4 Å². The van der Waals surface area contributed by atoms with Gasteiger partial charge in [0, 0.05) is 38.2 Å². The summed E-state index contributed by atoms with van der Waals surface area (Å²) in [5.41, 5.74) is 0. The predicted molar refractivity (Wildman–Crippen MR) is 98.0 cm³/mol. The maximum Gasteiger partial charge on any atom is 0.240 e. The van der Waals surface area contributed by atoms with Gasteiger partial charge in [0.05, 0.1) is 19.1 Å². The number of ether oxygens (including phenoxy) is 2. The topological polar surface area (TPSA) is 97.0 Å². The van der Waals surface area contributed by atoms with Crippen LogP contribution in [0.5, 0.6) is 11.5 Å². The lowest BCUT2D eigenvalue weighted by molar-refractivity contribution is -0.121. The Morgan fingerprint density at radius 2 is 1.85 bits per heavy atom. The van der Waals surface area contributed by atoms with Crippen LogP contribution < -0.4 is 19.5 Å². The molecular formula is C17H27N3O5S. The molecule has 26 heavy (non-hydrogen) atoms. The highest BCUT2D eigenvalue weighted by Crippen LogP contribution is 2.29. The minimum Gasteiger partial charge on any atom is -0.493 e. The smallest absolute Gasteiger partial charge is 0.240 e. The number of carbonyl (C=O) groups excluding carboxylic acids is 1. The zero-order chi connectivity index (χ0) is 19.3. The van der Waals surface area contributed by atoms with Crippen LogP contribution in [0.1, 0.15) is 19.3 Å². The van der Waals surface area contributed by atoms with E-state index in [4.69, 9.17) is 9.47 Å². The maximum absolute atomic E-state index is 12.6.